The van der Waals surface area contributed by atoms with Gasteiger partial charge < -0.3 is 4.74 Å². The molecule has 0 unspecified atom stereocenters. The van der Waals surface area contributed by atoms with Crippen molar-refractivity contribution in [2.45, 2.75) is 44.7 Å². The number of aryl methyl sites for hydroxylation is 1. The first-order chi connectivity index (χ1) is 13.6. The Balaban J connectivity index is 1.58. The van der Waals surface area contributed by atoms with Gasteiger partial charge in [0.05, 0.1) is 5.56 Å². The molecule has 0 aliphatic heterocycles. The van der Waals surface area contributed by atoms with Crippen LogP contribution in [0.4, 0.5) is 17.6 Å². The molecule has 2 aromatic carbocycles. The summed E-state index contributed by atoms with van der Waals surface area (Å²) in [6.07, 6.45) is -1.89. The predicted molar refractivity (Wildman–Crippen MR) is 108 cm³/mol. The van der Waals surface area contributed by atoms with Crippen molar-refractivity contribution in [2.75, 3.05) is 0 Å². The molecule has 0 radical (unpaired) electrons. The molecule has 0 aliphatic carbocycles. The Labute approximate surface area is 172 Å². The number of alkyl halides is 3. The zero-order chi connectivity index (χ0) is 21.1. The van der Waals surface area contributed by atoms with Crippen molar-refractivity contribution in [1.29, 1.82) is 0 Å². The number of thiophene rings is 1. The maximum Gasteiger partial charge on any atom is 0.417 e. The Morgan fingerprint density at radius 2 is 1.66 bits per heavy atom. The summed E-state index contributed by atoms with van der Waals surface area (Å²) in [6.45, 7) is 3.96. The fourth-order valence-electron chi connectivity index (χ4n) is 3.10. The second kappa shape index (κ2) is 8.57. The molecule has 29 heavy (non-hydrogen) atoms. The van der Waals surface area contributed by atoms with E-state index in [0.717, 1.165) is 29.7 Å². The normalized spacial score (nSPS) is 12.2. The summed E-state index contributed by atoms with van der Waals surface area (Å²) in [7, 11) is 0. The number of rotatable bonds is 7. The molecular formula is C23H22F4OS. The molecule has 3 rings (SSSR count). The molecular weight excluding hydrogens is 400 g/mol. The van der Waals surface area contributed by atoms with E-state index >= 15 is 0 Å². The SMILES string of the molecule is CC(C)(CCCc1cccc(Oc2ccc(F)cc2)c1)c1cc(C(F)(F)F)cs1. The molecule has 0 amide bonds. The van der Waals surface area contributed by atoms with Crippen LogP contribution in [-0.2, 0) is 18.0 Å². The van der Waals surface area contributed by atoms with Crippen LogP contribution in [0.2, 0.25) is 0 Å². The third kappa shape index (κ3) is 5.82. The summed E-state index contributed by atoms with van der Waals surface area (Å²) >= 11 is 1.17. The summed E-state index contributed by atoms with van der Waals surface area (Å²) in [5.41, 5.74) is 0.190. The van der Waals surface area contributed by atoms with Crippen molar-refractivity contribution < 1.29 is 22.3 Å². The topological polar surface area (TPSA) is 9.23 Å². The second-order valence-electron chi connectivity index (χ2n) is 7.64. The van der Waals surface area contributed by atoms with Crippen molar-refractivity contribution >= 4 is 11.3 Å². The van der Waals surface area contributed by atoms with Gasteiger partial charge in [0.25, 0.3) is 0 Å². The van der Waals surface area contributed by atoms with Gasteiger partial charge in [-0.15, -0.1) is 11.3 Å². The van der Waals surface area contributed by atoms with Gasteiger partial charge >= 0.3 is 6.18 Å². The lowest BCUT2D eigenvalue weighted by Crippen LogP contribution is -2.16. The first-order valence-corrected chi connectivity index (χ1v) is 10.2. The standard InChI is InChI=1S/C23H22F4OS/c1-22(2,21-14-17(15-29-21)23(25,26)27)12-4-6-16-5-3-7-20(13-16)28-19-10-8-18(24)9-11-19/h3,5,7-11,13-15H,4,6,12H2,1-2H3. The first-order valence-electron chi connectivity index (χ1n) is 9.32. The Kier molecular flexibility index (Phi) is 6.32. The average Bonchev–Trinajstić information content (AvgIpc) is 3.16. The number of ether oxygens (including phenoxy) is 1. The molecule has 1 heterocycles. The molecule has 0 saturated heterocycles. The van der Waals surface area contributed by atoms with Crippen molar-refractivity contribution in [1.82, 2.24) is 0 Å². The minimum Gasteiger partial charge on any atom is -0.457 e. The molecule has 0 saturated carbocycles. The molecule has 6 heteroatoms. The zero-order valence-corrected chi connectivity index (χ0v) is 17.0. The minimum atomic E-state index is -4.30. The monoisotopic (exact) mass is 422 g/mol. The van der Waals surface area contributed by atoms with E-state index in [0.29, 0.717) is 11.5 Å². The van der Waals surface area contributed by atoms with Crippen LogP contribution >= 0.6 is 11.3 Å². The van der Waals surface area contributed by atoms with Gasteiger partial charge in [0, 0.05) is 10.3 Å². The Bertz CT molecular complexity index is 942. The fraction of sp³-hybridized carbons (Fsp3) is 0.304. The summed E-state index contributed by atoms with van der Waals surface area (Å²) in [5, 5.41) is 1.19. The second-order valence-corrected chi connectivity index (χ2v) is 8.55. The van der Waals surface area contributed by atoms with Crippen LogP contribution in [0.15, 0.2) is 60.0 Å². The molecule has 0 aliphatic rings. The highest BCUT2D eigenvalue weighted by molar-refractivity contribution is 7.10. The molecule has 0 fully saturated rings. The van der Waals surface area contributed by atoms with Gasteiger partial charge in [-0.1, -0.05) is 26.0 Å². The highest BCUT2D eigenvalue weighted by atomic mass is 32.1. The van der Waals surface area contributed by atoms with E-state index in [4.69, 9.17) is 4.74 Å². The zero-order valence-electron chi connectivity index (χ0n) is 16.2. The summed E-state index contributed by atoms with van der Waals surface area (Å²) in [6, 6.07) is 14.8. The van der Waals surface area contributed by atoms with Crippen LogP contribution in [0.5, 0.6) is 11.5 Å². The lowest BCUT2D eigenvalue weighted by atomic mass is 9.84. The van der Waals surface area contributed by atoms with Gasteiger partial charge in [0.1, 0.15) is 17.3 Å². The summed E-state index contributed by atoms with van der Waals surface area (Å²) in [5.74, 6) is 0.908. The number of hydrogen-bond acceptors (Lipinski definition) is 2. The summed E-state index contributed by atoms with van der Waals surface area (Å²) < 4.78 is 57.3. The van der Waals surface area contributed by atoms with E-state index in [9.17, 15) is 17.6 Å². The molecule has 0 N–H and O–H groups in total. The Hall–Kier alpha value is -2.34. The highest BCUT2D eigenvalue weighted by Gasteiger charge is 2.33. The minimum absolute atomic E-state index is 0.318. The van der Waals surface area contributed by atoms with Crippen molar-refractivity contribution in [3.8, 4) is 11.5 Å². The van der Waals surface area contributed by atoms with E-state index in [-0.39, 0.29) is 11.2 Å². The van der Waals surface area contributed by atoms with Gasteiger partial charge in [0.2, 0.25) is 0 Å². The molecule has 154 valence electrons. The third-order valence-electron chi connectivity index (χ3n) is 4.81. The van der Waals surface area contributed by atoms with Crippen LogP contribution in [0.25, 0.3) is 0 Å². The number of benzene rings is 2. The van der Waals surface area contributed by atoms with Gasteiger partial charge in [-0.2, -0.15) is 13.2 Å². The first kappa shape index (κ1) is 21.4. The quantitative estimate of drug-likeness (QED) is 0.351. The molecule has 0 spiro atoms. The molecule has 0 bridgehead atoms. The lowest BCUT2D eigenvalue weighted by molar-refractivity contribution is -0.137. The highest BCUT2D eigenvalue weighted by Crippen LogP contribution is 2.39. The largest absolute Gasteiger partial charge is 0.457 e. The van der Waals surface area contributed by atoms with Crippen LogP contribution in [0.3, 0.4) is 0 Å². The van der Waals surface area contributed by atoms with Crippen molar-refractivity contribution in [2.24, 2.45) is 0 Å². The van der Waals surface area contributed by atoms with Crippen molar-refractivity contribution in [3.63, 3.8) is 0 Å². The predicted octanol–water partition coefficient (Wildman–Crippen LogP) is 8.00. The summed E-state index contributed by atoms with van der Waals surface area (Å²) in [4.78, 5) is 0.748. The molecule has 0 atom stereocenters. The van der Waals surface area contributed by atoms with E-state index in [2.05, 4.69) is 0 Å². The number of hydrogen-bond donors (Lipinski definition) is 0. The molecule has 3 aromatic rings. The van der Waals surface area contributed by atoms with E-state index < -0.39 is 11.7 Å². The van der Waals surface area contributed by atoms with E-state index in [1.165, 1.54) is 34.9 Å². The van der Waals surface area contributed by atoms with E-state index in [1.54, 1.807) is 12.1 Å². The smallest absolute Gasteiger partial charge is 0.417 e. The average molecular weight is 422 g/mol. The third-order valence-corrected chi connectivity index (χ3v) is 6.10. The van der Waals surface area contributed by atoms with E-state index in [1.807, 2.05) is 38.1 Å². The van der Waals surface area contributed by atoms with Gasteiger partial charge in [-0.05, 0) is 72.7 Å². The van der Waals surface area contributed by atoms with Crippen LogP contribution in [0, 0.1) is 5.82 Å². The van der Waals surface area contributed by atoms with Gasteiger partial charge in [-0.3, -0.25) is 0 Å². The van der Waals surface area contributed by atoms with Crippen LogP contribution in [-0.4, -0.2) is 0 Å². The Morgan fingerprint density at radius 3 is 2.31 bits per heavy atom. The molecule has 1 aromatic heterocycles. The Morgan fingerprint density at radius 1 is 0.931 bits per heavy atom. The maximum absolute atomic E-state index is 13.0. The fourth-order valence-corrected chi connectivity index (χ4v) is 4.17. The van der Waals surface area contributed by atoms with Crippen molar-refractivity contribution in [3.05, 3.63) is 81.8 Å². The molecule has 1 nitrogen and oxygen atoms in total. The van der Waals surface area contributed by atoms with Crippen LogP contribution < -0.4 is 4.74 Å². The van der Waals surface area contributed by atoms with Gasteiger partial charge in [0.15, 0.2) is 0 Å². The number of halogens is 4. The lowest BCUT2D eigenvalue weighted by Gasteiger charge is -2.23. The maximum atomic E-state index is 13.0. The van der Waals surface area contributed by atoms with Gasteiger partial charge in [-0.25, -0.2) is 4.39 Å². The van der Waals surface area contributed by atoms with Crippen LogP contribution in [0.1, 0.15) is 42.7 Å².